The number of sulfone groups is 1. The first-order chi connectivity index (χ1) is 13.5. The van der Waals surface area contributed by atoms with Crippen LogP contribution in [-0.4, -0.2) is 13.4 Å². The molecule has 0 saturated carbocycles. The molecule has 1 heterocycles. The molecule has 0 aliphatic carbocycles. The third kappa shape index (κ3) is 4.40. The molecule has 0 amide bonds. The topological polar surface area (TPSA) is 59.1 Å². The molecular weight excluding hydrogens is 435 g/mol. The minimum atomic E-state index is -4.90. The Balaban J connectivity index is 2.03. The van der Waals surface area contributed by atoms with Gasteiger partial charge in [-0.05, 0) is 43.3 Å². The predicted molar refractivity (Wildman–Crippen MR) is 96.2 cm³/mol. The lowest BCUT2D eigenvalue weighted by Crippen LogP contribution is -2.15. The Hall–Kier alpha value is -2.53. The SMILES string of the molecule is C[C@H](Nc1ccc(S(=O)(=O)c2n[c]cs2)cc1C(F)(F)F)c1cc(F)ccc1F. The summed E-state index contributed by atoms with van der Waals surface area (Å²) in [6.07, 6.45) is -2.60. The summed E-state index contributed by atoms with van der Waals surface area (Å²) in [5.41, 5.74) is -1.91. The van der Waals surface area contributed by atoms with Crippen LogP contribution in [0.25, 0.3) is 0 Å². The fourth-order valence-electron chi connectivity index (χ4n) is 2.61. The molecule has 0 unspecified atom stereocenters. The molecule has 1 atom stereocenters. The predicted octanol–water partition coefficient (Wildman–Crippen LogP) is 5.25. The standard InChI is InChI=1S/C18H12F5N2O2S2/c1-10(13-8-11(19)2-4-15(13)20)25-16-5-3-12(9-14(16)18(21,22)23)29(26,27)17-24-6-7-28-17/h2-5,7-10,25H,1H3/t10-/m0/s1. The Morgan fingerprint density at radius 1 is 1.14 bits per heavy atom. The molecule has 0 saturated heterocycles. The van der Waals surface area contributed by atoms with E-state index in [2.05, 4.69) is 16.5 Å². The van der Waals surface area contributed by atoms with Crippen LogP contribution >= 0.6 is 11.3 Å². The number of benzene rings is 2. The minimum Gasteiger partial charge on any atom is -0.378 e. The Labute approximate surface area is 167 Å². The number of nitrogens with one attached hydrogen (secondary N) is 1. The molecule has 29 heavy (non-hydrogen) atoms. The highest BCUT2D eigenvalue weighted by molar-refractivity contribution is 7.93. The molecule has 153 valence electrons. The van der Waals surface area contributed by atoms with Gasteiger partial charge in [0.1, 0.15) is 17.8 Å². The van der Waals surface area contributed by atoms with Gasteiger partial charge in [-0.3, -0.25) is 0 Å². The largest absolute Gasteiger partial charge is 0.418 e. The molecule has 4 nitrogen and oxygen atoms in total. The molecule has 0 fully saturated rings. The maximum Gasteiger partial charge on any atom is 0.418 e. The van der Waals surface area contributed by atoms with Crippen LogP contribution in [0.5, 0.6) is 0 Å². The van der Waals surface area contributed by atoms with Gasteiger partial charge in [0.25, 0.3) is 0 Å². The zero-order valence-electron chi connectivity index (χ0n) is 14.6. The van der Waals surface area contributed by atoms with Crippen LogP contribution in [0.2, 0.25) is 0 Å². The number of alkyl halides is 3. The van der Waals surface area contributed by atoms with Crippen molar-refractivity contribution in [3.63, 3.8) is 0 Å². The van der Waals surface area contributed by atoms with E-state index in [1.54, 1.807) is 0 Å². The highest BCUT2D eigenvalue weighted by atomic mass is 32.2. The number of hydrogen-bond acceptors (Lipinski definition) is 5. The fraction of sp³-hybridized carbons (Fsp3) is 0.167. The average Bonchev–Trinajstić information content (AvgIpc) is 3.18. The molecule has 1 radical (unpaired) electrons. The summed E-state index contributed by atoms with van der Waals surface area (Å²) < 4.78 is 92.5. The van der Waals surface area contributed by atoms with E-state index in [9.17, 15) is 30.4 Å². The quantitative estimate of drug-likeness (QED) is 0.543. The molecule has 1 N–H and O–H groups in total. The van der Waals surface area contributed by atoms with Crippen LogP contribution in [0.3, 0.4) is 0 Å². The number of thiazole rings is 1. The Kier molecular flexibility index (Phi) is 5.63. The van der Waals surface area contributed by atoms with Gasteiger partial charge in [0.2, 0.25) is 14.2 Å². The van der Waals surface area contributed by atoms with E-state index >= 15 is 0 Å². The normalized spacial score (nSPS) is 13.3. The molecular formula is C18H12F5N2O2S2. The molecule has 0 aliphatic heterocycles. The third-order valence-electron chi connectivity index (χ3n) is 4.00. The summed E-state index contributed by atoms with van der Waals surface area (Å²) in [5, 5.41) is 3.74. The van der Waals surface area contributed by atoms with Crippen LogP contribution in [0, 0.1) is 17.8 Å². The maximum atomic E-state index is 13.9. The minimum absolute atomic E-state index is 0.173. The van der Waals surface area contributed by atoms with Gasteiger partial charge in [0.15, 0.2) is 0 Å². The number of aromatic nitrogens is 1. The van der Waals surface area contributed by atoms with Crippen molar-refractivity contribution in [2.45, 2.75) is 28.4 Å². The van der Waals surface area contributed by atoms with Crippen molar-refractivity contribution in [3.05, 3.63) is 70.7 Å². The molecule has 1 aromatic heterocycles. The van der Waals surface area contributed by atoms with Gasteiger partial charge in [-0.15, -0.1) is 11.3 Å². The van der Waals surface area contributed by atoms with E-state index in [0.29, 0.717) is 6.07 Å². The van der Waals surface area contributed by atoms with Crippen LogP contribution in [0.1, 0.15) is 24.1 Å². The maximum absolute atomic E-state index is 13.9. The van der Waals surface area contributed by atoms with Crippen molar-refractivity contribution < 1.29 is 30.4 Å². The number of rotatable bonds is 5. The summed E-state index contributed by atoms with van der Waals surface area (Å²) in [7, 11) is -4.25. The van der Waals surface area contributed by atoms with Crippen LogP contribution in [0.15, 0.2) is 51.0 Å². The van der Waals surface area contributed by atoms with Crippen LogP contribution in [0.4, 0.5) is 27.6 Å². The van der Waals surface area contributed by atoms with Gasteiger partial charge in [-0.1, -0.05) is 0 Å². The van der Waals surface area contributed by atoms with Crippen molar-refractivity contribution in [2.75, 3.05) is 5.32 Å². The molecule has 0 bridgehead atoms. The van der Waals surface area contributed by atoms with Crippen LogP contribution < -0.4 is 5.32 Å². The second kappa shape index (κ2) is 7.71. The van der Waals surface area contributed by atoms with Gasteiger partial charge in [-0.25, -0.2) is 22.2 Å². The van der Waals surface area contributed by atoms with E-state index < -0.39 is 49.8 Å². The molecule has 3 rings (SSSR count). The zero-order chi connectivity index (χ0) is 21.4. The fourth-order valence-corrected chi connectivity index (χ4v) is 4.76. The van der Waals surface area contributed by atoms with E-state index in [1.807, 2.05) is 0 Å². The second-order valence-electron chi connectivity index (χ2n) is 5.98. The first-order valence-electron chi connectivity index (χ1n) is 7.99. The second-order valence-corrected chi connectivity index (χ2v) is 8.96. The van der Waals surface area contributed by atoms with Crippen molar-refractivity contribution in [3.8, 4) is 0 Å². The third-order valence-corrected chi connectivity index (χ3v) is 6.89. The summed E-state index contributed by atoms with van der Waals surface area (Å²) in [5.74, 6) is -1.54. The Bertz CT molecular complexity index is 1130. The number of halogens is 5. The highest BCUT2D eigenvalue weighted by Gasteiger charge is 2.36. The summed E-state index contributed by atoms with van der Waals surface area (Å²) >= 11 is 0.724. The van der Waals surface area contributed by atoms with Gasteiger partial charge < -0.3 is 5.32 Å². The monoisotopic (exact) mass is 447 g/mol. The zero-order valence-corrected chi connectivity index (χ0v) is 16.2. The smallest absolute Gasteiger partial charge is 0.378 e. The summed E-state index contributed by atoms with van der Waals surface area (Å²) in [4.78, 5) is 2.92. The number of nitrogens with zero attached hydrogens (tertiary/aromatic N) is 1. The van der Waals surface area contributed by atoms with Crippen molar-refractivity contribution in [1.82, 2.24) is 4.98 Å². The van der Waals surface area contributed by atoms with E-state index in [0.717, 1.165) is 41.7 Å². The molecule has 11 heteroatoms. The summed E-state index contributed by atoms with van der Waals surface area (Å²) in [6, 6.07) is 4.01. The van der Waals surface area contributed by atoms with Gasteiger partial charge in [0, 0.05) is 16.6 Å². The molecule has 3 aromatic rings. The first-order valence-corrected chi connectivity index (χ1v) is 10.4. The lowest BCUT2D eigenvalue weighted by Gasteiger charge is -2.21. The van der Waals surface area contributed by atoms with Crippen molar-refractivity contribution in [1.29, 1.82) is 0 Å². The van der Waals surface area contributed by atoms with Gasteiger partial charge >= 0.3 is 6.18 Å². The summed E-state index contributed by atoms with van der Waals surface area (Å²) in [6.45, 7) is 1.36. The Morgan fingerprint density at radius 3 is 2.48 bits per heavy atom. The Morgan fingerprint density at radius 2 is 1.86 bits per heavy atom. The van der Waals surface area contributed by atoms with Gasteiger partial charge in [-0.2, -0.15) is 13.2 Å². The van der Waals surface area contributed by atoms with Gasteiger partial charge in [0.05, 0.1) is 16.5 Å². The average molecular weight is 447 g/mol. The number of anilines is 1. The van der Waals surface area contributed by atoms with Crippen molar-refractivity contribution >= 4 is 26.9 Å². The lowest BCUT2D eigenvalue weighted by molar-refractivity contribution is -0.137. The molecule has 2 aromatic carbocycles. The van der Waals surface area contributed by atoms with Crippen molar-refractivity contribution in [2.24, 2.45) is 0 Å². The highest BCUT2D eigenvalue weighted by Crippen LogP contribution is 2.39. The first kappa shape index (κ1) is 21.2. The lowest BCUT2D eigenvalue weighted by atomic mass is 10.1. The molecule has 0 aliphatic rings. The van der Waals surface area contributed by atoms with E-state index in [1.165, 1.54) is 12.3 Å². The van der Waals surface area contributed by atoms with E-state index in [-0.39, 0.29) is 9.90 Å². The number of hydrogen-bond donors (Lipinski definition) is 1. The van der Waals surface area contributed by atoms with Crippen LogP contribution in [-0.2, 0) is 16.0 Å². The molecule has 0 spiro atoms. The van der Waals surface area contributed by atoms with E-state index in [4.69, 9.17) is 0 Å².